The zero-order valence-corrected chi connectivity index (χ0v) is 32.9. The molecule has 7 amide bonds. The fourth-order valence-corrected chi connectivity index (χ4v) is 6.93. The number of aromatic amines is 1. The van der Waals surface area contributed by atoms with Crippen molar-refractivity contribution >= 4 is 58.2 Å². The lowest BCUT2D eigenvalue weighted by molar-refractivity contribution is -0.141. The normalized spacial score (nSPS) is 16.8. The van der Waals surface area contributed by atoms with Crippen LogP contribution in [0.1, 0.15) is 63.5 Å². The van der Waals surface area contributed by atoms with E-state index in [1.54, 1.807) is 56.4 Å². The summed E-state index contributed by atoms with van der Waals surface area (Å²) in [6.07, 6.45) is 1.34. The van der Waals surface area contributed by atoms with Crippen molar-refractivity contribution < 1.29 is 48.6 Å². The number of para-hydroxylation sites is 1. The number of phenols is 1. The molecule has 1 fully saturated rings. The molecule has 0 aliphatic carbocycles. The van der Waals surface area contributed by atoms with Crippen LogP contribution in [0.5, 0.6) is 5.75 Å². The first-order chi connectivity index (χ1) is 28.0. The van der Waals surface area contributed by atoms with E-state index in [2.05, 4.69) is 26.3 Å². The lowest BCUT2D eigenvalue weighted by Crippen LogP contribution is -2.61. The van der Waals surface area contributed by atoms with Gasteiger partial charge in [0, 0.05) is 42.9 Å². The third kappa shape index (κ3) is 12.5. The van der Waals surface area contributed by atoms with Crippen molar-refractivity contribution in [2.45, 2.75) is 101 Å². The van der Waals surface area contributed by atoms with Gasteiger partial charge in [-0.25, -0.2) is 0 Å². The van der Waals surface area contributed by atoms with Gasteiger partial charge in [-0.2, -0.15) is 0 Å². The summed E-state index contributed by atoms with van der Waals surface area (Å²) in [5.41, 5.74) is 18.7. The second-order valence-corrected chi connectivity index (χ2v) is 14.8. The number of likely N-dealkylation sites (tertiary alicyclic amines) is 1. The van der Waals surface area contributed by atoms with Crippen molar-refractivity contribution in [3.05, 3.63) is 65.9 Å². The van der Waals surface area contributed by atoms with Crippen LogP contribution in [0, 0.1) is 5.92 Å². The van der Waals surface area contributed by atoms with Crippen LogP contribution in [0.15, 0.2) is 54.7 Å². The molecule has 3 aromatic rings. The number of hydrogen-bond acceptors (Lipinski definition) is 10. The average molecular weight is 820 g/mol. The van der Waals surface area contributed by atoms with Gasteiger partial charge < -0.3 is 58.6 Å². The first-order valence-corrected chi connectivity index (χ1v) is 19.4. The van der Waals surface area contributed by atoms with Crippen LogP contribution >= 0.6 is 0 Å². The van der Waals surface area contributed by atoms with Crippen molar-refractivity contribution in [2.75, 3.05) is 6.54 Å². The quantitative estimate of drug-likeness (QED) is 0.0634. The number of aromatic nitrogens is 1. The maximum Gasteiger partial charge on any atom is 0.305 e. The minimum absolute atomic E-state index is 0.0139. The number of aromatic hydroxyl groups is 1. The number of hydrogen-bond donors (Lipinski definition) is 10. The van der Waals surface area contributed by atoms with Gasteiger partial charge in [0.2, 0.25) is 41.4 Å². The van der Waals surface area contributed by atoms with E-state index in [1.807, 2.05) is 0 Å². The van der Waals surface area contributed by atoms with Crippen LogP contribution in [0.3, 0.4) is 0 Å². The van der Waals surface area contributed by atoms with E-state index in [0.717, 1.165) is 10.9 Å². The number of carbonyl (C=O) groups is 8. The topological polar surface area (TPSA) is 322 Å². The number of nitrogens with two attached hydrogens (primary N) is 3. The average Bonchev–Trinajstić information content (AvgIpc) is 3.86. The van der Waals surface area contributed by atoms with Crippen LogP contribution in [-0.4, -0.2) is 110 Å². The summed E-state index contributed by atoms with van der Waals surface area (Å²) < 4.78 is 0. The zero-order chi connectivity index (χ0) is 43.4. The lowest BCUT2D eigenvalue weighted by atomic mass is 9.96. The van der Waals surface area contributed by atoms with Crippen LogP contribution < -0.4 is 38.5 Å². The number of rotatable bonds is 21. The Hall–Kier alpha value is -6.50. The Morgan fingerprint density at radius 3 is 2.14 bits per heavy atom. The van der Waals surface area contributed by atoms with Gasteiger partial charge in [-0.15, -0.1) is 0 Å². The molecular formula is C40H53N9O10. The summed E-state index contributed by atoms with van der Waals surface area (Å²) in [6, 6.07) is 5.42. The van der Waals surface area contributed by atoms with Crippen molar-refractivity contribution in [3.63, 3.8) is 0 Å². The molecule has 1 saturated heterocycles. The van der Waals surface area contributed by atoms with E-state index >= 15 is 0 Å². The largest absolute Gasteiger partial charge is 0.508 e. The van der Waals surface area contributed by atoms with E-state index in [1.165, 1.54) is 17.0 Å². The number of carboxylic acids is 1. The highest BCUT2D eigenvalue weighted by Gasteiger charge is 2.39. The molecule has 2 aromatic carbocycles. The molecule has 0 saturated carbocycles. The van der Waals surface area contributed by atoms with Gasteiger partial charge in [0.25, 0.3) is 0 Å². The molecule has 1 aromatic heterocycles. The maximum atomic E-state index is 14.1. The molecule has 13 N–H and O–H groups in total. The number of H-pyrrole nitrogens is 1. The molecule has 0 bridgehead atoms. The molecule has 0 radical (unpaired) electrons. The smallest absolute Gasteiger partial charge is 0.305 e. The number of amides is 7. The number of carbonyl (C=O) groups excluding carboxylic acids is 7. The van der Waals surface area contributed by atoms with Crippen LogP contribution in [0.25, 0.3) is 10.9 Å². The van der Waals surface area contributed by atoms with Gasteiger partial charge >= 0.3 is 5.97 Å². The Balaban J connectivity index is 1.60. The number of carboxylic acid groups (broad SMARTS) is 1. The molecule has 1 aliphatic heterocycles. The molecule has 0 unspecified atom stereocenters. The van der Waals surface area contributed by atoms with E-state index in [0.29, 0.717) is 30.4 Å². The summed E-state index contributed by atoms with van der Waals surface area (Å²) in [5, 5.41) is 30.2. The van der Waals surface area contributed by atoms with E-state index in [4.69, 9.17) is 17.2 Å². The number of phenolic OH excluding ortho intramolecular Hbond substituents is 1. The molecule has 19 heteroatoms. The van der Waals surface area contributed by atoms with Crippen LogP contribution in [0.2, 0.25) is 0 Å². The summed E-state index contributed by atoms with van der Waals surface area (Å²) in [7, 11) is 0. The summed E-state index contributed by atoms with van der Waals surface area (Å²) in [4.78, 5) is 109. The lowest BCUT2D eigenvalue weighted by Gasteiger charge is -2.31. The maximum absolute atomic E-state index is 14.1. The predicted molar refractivity (Wildman–Crippen MR) is 214 cm³/mol. The molecule has 1 aliphatic rings. The van der Waals surface area contributed by atoms with Crippen molar-refractivity contribution in [1.29, 1.82) is 0 Å². The first-order valence-electron chi connectivity index (χ1n) is 19.4. The molecule has 0 spiro atoms. The Labute approximate surface area is 340 Å². The Bertz CT molecular complexity index is 2020. The third-order valence-corrected chi connectivity index (χ3v) is 10.4. The molecule has 2 heterocycles. The van der Waals surface area contributed by atoms with Gasteiger partial charge in [-0.3, -0.25) is 38.4 Å². The standard InChI is InChI=1S/C40H53N9O10/c1-3-21(2)34(39(58)47-30(17-22-10-12-24(50)13-11-22)40(59)49-16-6-9-31(49)35(43)54)48-37(56)28(14-15-32(42)51)45-38(57)29(46-36(55)26(41)19-33(52)53)18-23-20-44-27-8-5-4-7-25(23)27/h4-5,7-8,10-13,20-21,26,28-31,34,44,50H,3,6,9,14-19,41H2,1-2H3,(H2,42,51)(H2,43,54)(H,45,57)(H,46,55)(H,47,58)(H,48,56)(H,52,53)/t21-,26-,28-,29-,30-,31-,34-/m0/s1. The molecule has 4 rings (SSSR count). The molecular weight excluding hydrogens is 766 g/mol. The molecule has 318 valence electrons. The molecule has 19 nitrogen and oxygen atoms in total. The minimum atomic E-state index is -1.51. The number of fused-ring (bicyclic) bond motifs is 1. The first kappa shape index (κ1) is 45.2. The van der Waals surface area contributed by atoms with Gasteiger partial charge in [-0.1, -0.05) is 50.6 Å². The SMILES string of the molecule is CC[C@H](C)[C@H](NC(=O)[C@H](CCC(N)=O)NC(=O)[C@H](Cc1c[nH]c2ccccc12)NC(=O)[C@@H](N)CC(=O)O)C(=O)N[C@@H](Cc1ccc(O)cc1)C(=O)N1CCC[C@H]1C(N)=O. The summed E-state index contributed by atoms with van der Waals surface area (Å²) in [6.45, 7) is 3.70. The molecule has 7 atom stereocenters. The second kappa shape index (κ2) is 20.8. The Morgan fingerprint density at radius 1 is 0.847 bits per heavy atom. The Morgan fingerprint density at radius 2 is 1.49 bits per heavy atom. The minimum Gasteiger partial charge on any atom is -0.508 e. The number of primary amides is 2. The van der Waals surface area contributed by atoms with E-state index < -0.39 is 95.9 Å². The highest BCUT2D eigenvalue weighted by molar-refractivity contribution is 5.97. The molecule has 59 heavy (non-hydrogen) atoms. The fraction of sp³-hybridized carbons (Fsp3) is 0.450. The van der Waals surface area contributed by atoms with Gasteiger partial charge in [-0.05, 0) is 54.5 Å². The van der Waals surface area contributed by atoms with Crippen molar-refractivity contribution in [3.8, 4) is 5.75 Å². The highest BCUT2D eigenvalue weighted by Crippen LogP contribution is 2.22. The Kier molecular flexibility index (Phi) is 15.9. The number of nitrogens with one attached hydrogen (secondary N) is 5. The number of benzene rings is 2. The summed E-state index contributed by atoms with van der Waals surface area (Å²) >= 11 is 0. The third-order valence-electron chi connectivity index (χ3n) is 10.4. The highest BCUT2D eigenvalue weighted by atomic mass is 16.4. The van der Waals surface area contributed by atoms with Gasteiger partial charge in [0.15, 0.2) is 0 Å². The van der Waals surface area contributed by atoms with Crippen LogP contribution in [0.4, 0.5) is 0 Å². The van der Waals surface area contributed by atoms with Crippen molar-refractivity contribution in [2.24, 2.45) is 23.1 Å². The van der Waals surface area contributed by atoms with Crippen LogP contribution in [-0.2, 0) is 51.2 Å². The summed E-state index contributed by atoms with van der Waals surface area (Å²) in [5.74, 6) is -7.39. The van der Waals surface area contributed by atoms with Gasteiger partial charge in [0.05, 0.1) is 12.5 Å². The predicted octanol–water partition coefficient (Wildman–Crippen LogP) is -0.812. The number of nitrogens with zero attached hydrogens (tertiary/aromatic N) is 1. The number of aliphatic carboxylic acids is 1. The fourth-order valence-electron chi connectivity index (χ4n) is 6.93. The monoisotopic (exact) mass is 819 g/mol. The van der Waals surface area contributed by atoms with Crippen molar-refractivity contribution in [1.82, 2.24) is 31.2 Å². The zero-order valence-electron chi connectivity index (χ0n) is 32.9. The van der Waals surface area contributed by atoms with E-state index in [-0.39, 0.29) is 38.0 Å². The van der Waals surface area contributed by atoms with Gasteiger partial charge in [0.1, 0.15) is 36.0 Å². The van der Waals surface area contributed by atoms with E-state index in [9.17, 15) is 48.6 Å². The second-order valence-electron chi connectivity index (χ2n) is 14.8.